The average Bonchev–Trinajstić information content (AvgIpc) is 2.89. The maximum atomic E-state index is 13.8. The minimum Gasteiger partial charge on any atom is -0.504 e. The van der Waals surface area contributed by atoms with E-state index in [0.717, 1.165) is 45.4 Å². The van der Waals surface area contributed by atoms with E-state index in [1.54, 1.807) is 12.3 Å². The van der Waals surface area contributed by atoms with Crippen molar-refractivity contribution in [3.8, 4) is 11.5 Å². The molecule has 6 rings (SSSR count). The molecule has 4 aromatic rings. The van der Waals surface area contributed by atoms with Crippen molar-refractivity contribution in [1.29, 1.82) is 0 Å². The number of carbonyl (C=O) groups excluding carboxylic acids is 1. The van der Waals surface area contributed by atoms with Crippen molar-refractivity contribution in [1.82, 2.24) is 4.98 Å². The lowest BCUT2D eigenvalue weighted by Crippen LogP contribution is -2.30. The van der Waals surface area contributed by atoms with Crippen molar-refractivity contribution in [2.45, 2.75) is 31.6 Å². The van der Waals surface area contributed by atoms with Crippen LogP contribution < -0.4 is 10.1 Å². The number of ketones is 1. The second-order valence-electron chi connectivity index (χ2n) is 9.15. The van der Waals surface area contributed by atoms with Gasteiger partial charge in [-0.2, -0.15) is 0 Å². The second kappa shape index (κ2) is 8.58. The number of allylic oxidation sites excluding steroid dienone is 2. The fourth-order valence-electron chi connectivity index (χ4n) is 5.56. The Kier molecular flexibility index (Phi) is 5.25. The number of hydrogen-bond acceptors (Lipinski definition) is 5. The van der Waals surface area contributed by atoms with Crippen LogP contribution >= 0.6 is 0 Å². The molecule has 0 fully saturated rings. The zero-order valence-corrected chi connectivity index (χ0v) is 19.5. The Morgan fingerprint density at radius 1 is 1.00 bits per heavy atom. The number of rotatable bonds is 4. The third kappa shape index (κ3) is 3.64. The van der Waals surface area contributed by atoms with E-state index in [1.165, 1.54) is 5.56 Å². The molecule has 3 aromatic carbocycles. The normalized spacial score (nSPS) is 19.2. The van der Waals surface area contributed by atoms with Crippen LogP contribution in [0.1, 0.15) is 48.3 Å². The summed E-state index contributed by atoms with van der Waals surface area (Å²) in [4.78, 5) is 18.4. The van der Waals surface area contributed by atoms with Crippen LogP contribution in [0.4, 0.5) is 5.69 Å². The van der Waals surface area contributed by atoms with Crippen molar-refractivity contribution >= 4 is 22.4 Å². The van der Waals surface area contributed by atoms with Gasteiger partial charge in [-0.3, -0.25) is 9.78 Å². The number of fused-ring (bicyclic) bond motifs is 3. The molecule has 35 heavy (non-hydrogen) atoms. The number of pyridine rings is 1. The van der Waals surface area contributed by atoms with E-state index in [4.69, 9.17) is 4.74 Å². The molecule has 0 radical (unpaired) electrons. The predicted molar refractivity (Wildman–Crippen MR) is 137 cm³/mol. The molecular formula is C30H26N2O3. The number of phenols is 1. The van der Waals surface area contributed by atoms with Gasteiger partial charge in [0, 0.05) is 40.9 Å². The molecule has 0 spiro atoms. The first-order valence-corrected chi connectivity index (χ1v) is 12.1. The van der Waals surface area contributed by atoms with Crippen LogP contribution in [0.2, 0.25) is 0 Å². The van der Waals surface area contributed by atoms with Crippen LogP contribution in [0.25, 0.3) is 10.9 Å². The molecule has 5 nitrogen and oxygen atoms in total. The molecule has 1 aliphatic heterocycles. The highest BCUT2D eigenvalue weighted by molar-refractivity contribution is 6.04. The number of benzene rings is 3. The topological polar surface area (TPSA) is 71.5 Å². The summed E-state index contributed by atoms with van der Waals surface area (Å²) in [6.45, 7) is 2.33. The molecule has 2 aliphatic rings. The number of Topliss-reactive ketones (excluding diaryl/α,β-unsaturated/α-hetero) is 1. The predicted octanol–water partition coefficient (Wildman–Crippen LogP) is 6.30. The number of ether oxygens (including phenoxy) is 1. The molecule has 0 bridgehead atoms. The van der Waals surface area contributed by atoms with Gasteiger partial charge in [-0.1, -0.05) is 42.5 Å². The standard InChI is InChI=1S/C30H26N2O3/c1-2-35-27-17-19(10-13-25(27)33)28-29-21-9-6-14-31-22(21)11-12-23(29)32-24-15-20(16-26(34)30(24)28)18-7-4-3-5-8-18/h3-14,17,20,28,32-33H,2,15-16H2,1H3/t20-,28+/m1/s1. The monoisotopic (exact) mass is 462 g/mol. The van der Waals surface area contributed by atoms with Gasteiger partial charge in [0.1, 0.15) is 0 Å². The molecule has 1 aliphatic carbocycles. The summed E-state index contributed by atoms with van der Waals surface area (Å²) < 4.78 is 5.70. The van der Waals surface area contributed by atoms with Crippen LogP contribution in [0, 0.1) is 0 Å². The summed E-state index contributed by atoms with van der Waals surface area (Å²) in [6.07, 6.45) is 3.02. The zero-order chi connectivity index (χ0) is 23.9. The lowest BCUT2D eigenvalue weighted by molar-refractivity contribution is -0.116. The number of nitrogens with zero attached hydrogens (tertiary/aromatic N) is 1. The summed E-state index contributed by atoms with van der Waals surface area (Å²) in [5.41, 5.74) is 6.79. The van der Waals surface area contributed by atoms with Gasteiger partial charge in [-0.15, -0.1) is 0 Å². The van der Waals surface area contributed by atoms with Gasteiger partial charge in [0.25, 0.3) is 0 Å². The quantitative estimate of drug-likeness (QED) is 0.373. The first-order chi connectivity index (χ1) is 17.1. The Hall–Kier alpha value is -4.12. The fourth-order valence-corrected chi connectivity index (χ4v) is 5.56. The molecule has 0 saturated heterocycles. The van der Waals surface area contributed by atoms with Crippen LogP contribution in [0.15, 0.2) is 90.3 Å². The maximum absolute atomic E-state index is 13.8. The van der Waals surface area contributed by atoms with Crippen molar-refractivity contribution < 1.29 is 14.6 Å². The average molecular weight is 463 g/mol. The van der Waals surface area contributed by atoms with Gasteiger partial charge in [-0.05, 0) is 66.3 Å². The van der Waals surface area contributed by atoms with E-state index in [2.05, 4.69) is 34.6 Å². The number of phenolic OH excluding ortho intramolecular Hbond substituents is 1. The molecule has 2 atom stereocenters. The molecule has 0 saturated carbocycles. The summed E-state index contributed by atoms with van der Waals surface area (Å²) in [5.74, 6) is 0.528. The van der Waals surface area contributed by atoms with Gasteiger partial charge in [0.05, 0.1) is 12.1 Å². The van der Waals surface area contributed by atoms with Crippen molar-refractivity contribution in [3.63, 3.8) is 0 Å². The summed E-state index contributed by atoms with van der Waals surface area (Å²) >= 11 is 0. The van der Waals surface area contributed by atoms with Gasteiger partial charge in [-0.25, -0.2) is 0 Å². The summed E-state index contributed by atoms with van der Waals surface area (Å²) in [5, 5.41) is 15.0. The third-order valence-corrected chi connectivity index (χ3v) is 7.09. The molecule has 0 amide bonds. The molecular weight excluding hydrogens is 436 g/mol. The van der Waals surface area contributed by atoms with E-state index in [0.29, 0.717) is 18.8 Å². The van der Waals surface area contributed by atoms with Gasteiger partial charge >= 0.3 is 0 Å². The van der Waals surface area contributed by atoms with E-state index < -0.39 is 0 Å². The molecule has 174 valence electrons. The third-order valence-electron chi connectivity index (χ3n) is 7.09. The molecule has 2 heterocycles. The minimum atomic E-state index is -0.279. The number of aromatic hydroxyl groups is 1. The fraction of sp³-hybridized carbons (Fsp3) is 0.200. The zero-order valence-electron chi connectivity index (χ0n) is 19.5. The van der Waals surface area contributed by atoms with Crippen LogP contribution in [-0.2, 0) is 4.79 Å². The summed E-state index contributed by atoms with van der Waals surface area (Å²) in [6, 6.07) is 23.8. The second-order valence-corrected chi connectivity index (χ2v) is 9.15. The maximum Gasteiger partial charge on any atom is 0.162 e. The van der Waals surface area contributed by atoms with Crippen molar-refractivity contribution in [3.05, 3.63) is 107 Å². The Balaban J connectivity index is 1.56. The van der Waals surface area contributed by atoms with E-state index >= 15 is 0 Å². The first-order valence-electron chi connectivity index (χ1n) is 12.1. The van der Waals surface area contributed by atoms with Gasteiger partial charge < -0.3 is 15.2 Å². The Morgan fingerprint density at radius 2 is 1.86 bits per heavy atom. The van der Waals surface area contributed by atoms with Crippen LogP contribution in [-0.4, -0.2) is 22.5 Å². The lowest BCUT2D eigenvalue weighted by Gasteiger charge is -2.37. The smallest absolute Gasteiger partial charge is 0.162 e. The Bertz CT molecular complexity index is 1480. The lowest BCUT2D eigenvalue weighted by atomic mass is 9.71. The van der Waals surface area contributed by atoms with E-state index in [-0.39, 0.29) is 23.4 Å². The highest BCUT2D eigenvalue weighted by atomic mass is 16.5. The number of nitrogens with one attached hydrogen (secondary N) is 1. The number of aromatic nitrogens is 1. The van der Waals surface area contributed by atoms with Crippen molar-refractivity contribution in [2.24, 2.45) is 0 Å². The van der Waals surface area contributed by atoms with Gasteiger partial charge in [0.2, 0.25) is 0 Å². The highest BCUT2D eigenvalue weighted by Crippen LogP contribution is 2.50. The van der Waals surface area contributed by atoms with Gasteiger partial charge in [0.15, 0.2) is 17.3 Å². The Morgan fingerprint density at radius 3 is 2.69 bits per heavy atom. The summed E-state index contributed by atoms with van der Waals surface area (Å²) in [7, 11) is 0. The largest absolute Gasteiger partial charge is 0.504 e. The molecule has 2 N–H and O–H groups in total. The van der Waals surface area contributed by atoms with Crippen LogP contribution in [0.5, 0.6) is 11.5 Å². The van der Waals surface area contributed by atoms with Crippen LogP contribution in [0.3, 0.4) is 0 Å². The Labute approximate surface area is 204 Å². The van der Waals surface area contributed by atoms with Crippen molar-refractivity contribution in [2.75, 3.05) is 11.9 Å². The first kappa shape index (κ1) is 21.4. The minimum absolute atomic E-state index is 0.0951. The van der Waals surface area contributed by atoms with E-state index in [9.17, 15) is 9.90 Å². The number of carbonyl (C=O) groups is 1. The molecule has 0 unspecified atom stereocenters. The highest BCUT2D eigenvalue weighted by Gasteiger charge is 2.39. The molecule has 1 aromatic heterocycles. The number of anilines is 1. The SMILES string of the molecule is CCOc1cc([C@@H]2C3=C(C[C@@H](c4ccccc4)CC3=O)Nc3ccc4ncccc4c32)ccc1O. The van der Waals surface area contributed by atoms with E-state index in [1.807, 2.05) is 49.4 Å². The number of hydrogen-bond donors (Lipinski definition) is 2. The molecule has 5 heteroatoms.